The van der Waals surface area contributed by atoms with Gasteiger partial charge in [0.2, 0.25) is 5.91 Å². The average molecular weight is 312 g/mol. The Labute approximate surface area is 132 Å². The fourth-order valence-electron chi connectivity index (χ4n) is 2.56. The maximum absolute atomic E-state index is 11.8. The monoisotopic (exact) mass is 312 g/mol. The maximum Gasteiger partial charge on any atom is 0.223 e. The van der Waals surface area contributed by atoms with Crippen molar-refractivity contribution in [2.75, 3.05) is 0 Å². The number of nitrogens with one attached hydrogen (secondary N) is 1. The molecule has 5 heteroatoms. The molecule has 4 rings (SSSR count). The minimum absolute atomic E-state index is 0.130. The van der Waals surface area contributed by atoms with E-state index >= 15 is 0 Å². The molecular weight excluding hydrogens is 296 g/mol. The number of rotatable bonds is 4. The molecule has 22 heavy (non-hydrogen) atoms. The molecular formula is C17H16N2O2S. The fraction of sp³-hybridized carbons (Fsp3) is 0.294. The number of hydrogen-bond acceptors (Lipinski definition) is 4. The van der Waals surface area contributed by atoms with Crippen molar-refractivity contribution in [3.05, 3.63) is 42.2 Å². The van der Waals surface area contributed by atoms with Gasteiger partial charge in [0, 0.05) is 5.92 Å². The van der Waals surface area contributed by atoms with E-state index in [4.69, 9.17) is 4.42 Å². The summed E-state index contributed by atoms with van der Waals surface area (Å²) >= 11 is 1.61. The van der Waals surface area contributed by atoms with E-state index in [1.165, 1.54) is 0 Å². The number of furan rings is 1. The highest BCUT2D eigenvalue weighted by molar-refractivity contribution is 7.21. The molecule has 0 saturated heterocycles. The van der Waals surface area contributed by atoms with Crippen molar-refractivity contribution in [3.8, 4) is 10.8 Å². The zero-order valence-electron chi connectivity index (χ0n) is 12.2. The Bertz CT molecular complexity index is 803. The van der Waals surface area contributed by atoms with Crippen LogP contribution in [0.1, 0.15) is 19.1 Å². The molecule has 2 heterocycles. The van der Waals surface area contributed by atoms with Crippen molar-refractivity contribution in [1.82, 2.24) is 10.3 Å². The first-order valence-corrected chi connectivity index (χ1v) is 8.25. The molecule has 1 saturated carbocycles. The number of fused-ring (bicyclic) bond motifs is 1. The number of para-hydroxylation sites is 1. The van der Waals surface area contributed by atoms with Crippen LogP contribution in [0.2, 0.25) is 0 Å². The van der Waals surface area contributed by atoms with E-state index in [1.807, 2.05) is 30.3 Å². The number of amides is 1. The van der Waals surface area contributed by atoms with Crippen LogP contribution < -0.4 is 5.32 Å². The van der Waals surface area contributed by atoms with E-state index in [1.54, 1.807) is 11.3 Å². The van der Waals surface area contributed by atoms with Gasteiger partial charge in [0.15, 0.2) is 10.8 Å². The van der Waals surface area contributed by atoms with E-state index in [-0.39, 0.29) is 11.8 Å². The van der Waals surface area contributed by atoms with Crippen molar-refractivity contribution >= 4 is 27.5 Å². The summed E-state index contributed by atoms with van der Waals surface area (Å²) in [4.78, 5) is 16.4. The number of carbonyl (C=O) groups excluding carboxylic acids is 1. The molecule has 0 spiro atoms. The number of hydrogen-bond donors (Lipinski definition) is 1. The summed E-state index contributed by atoms with van der Waals surface area (Å²) < 4.78 is 6.95. The van der Waals surface area contributed by atoms with Gasteiger partial charge in [-0.15, -0.1) is 11.3 Å². The highest BCUT2D eigenvalue weighted by atomic mass is 32.1. The third kappa shape index (κ3) is 2.52. The van der Waals surface area contributed by atoms with Gasteiger partial charge in [-0.3, -0.25) is 4.79 Å². The maximum atomic E-state index is 11.8. The van der Waals surface area contributed by atoms with Gasteiger partial charge in [-0.05, 0) is 36.6 Å². The summed E-state index contributed by atoms with van der Waals surface area (Å²) in [5.41, 5.74) is 0.983. The van der Waals surface area contributed by atoms with Crippen molar-refractivity contribution < 1.29 is 9.21 Å². The lowest BCUT2D eigenvalue weighted by atomic mass is 10.3. The summed E-state index contributed by atoms with van der Waals surface area (Å²) in [5.74, 6) is 2.36. The van der Waals surface area contributed by atoms with Gasteiger partial charge in [-0.25, -0.2) is 4.98 Å². The number of benzene rings is 1. The van der Waals surface area contributed by atoms with Crippen LogP contribution in [-0.4, -0.2) is 10.9 Å². The van der Waals surface area contributed by atoms with E-state index in [2.05, 4.69) is 23.3 Å². The van der Waals surface area contributed by atoms with E-state index < -0.39 is 0 Å². The Morgan fingerprint density at radius 3 is 2.95 bits per heavy atom. The zero-order valence-corrected chi connectivity index (χ0v) is 13.0. The van der Waals surface area contributed by atoms with Crippen LogP contribution in [0.3, 0.4) is 0 Å². The highest BCUT2D eigenvalue weighted by Crippen LogP contribution is 2.37. The Balaban J connectivity index is 1.47. The van der Waals surface area contributed by atoms with Crippen LogP contribution in [0.4, 0.5) is 0 Å². The van der Waals surface area contributed by atoms with Crippen LogP contribution in [0.25, 0.3) is 21.0 Å². The molecule has 1 aliphatic carbocycles. The summed E-state index contributed by atoms with van der Waals surface area (Å²) in [6, 6.07) is 11.9. The largest absolute Gasteiger partial charge is 0.457 e. The lowest BCUT2D eigenvalue weighted by Gasteiger charge is -2.01. The Morgan fingerprint density at radius 1 is 1.36 bits per heavy atom. The summed E-state index contributed by atoms with van der Waals surface area (Å²) in [7, 11) is 0. The lowest BCUT2D eigenvalue weighted by molar-refractivity contribution is -0.122. The molecule has 0 bridgehead atoms. The predicted octanol–water partition coefficient (Wildman–Crippen LogP) is 3.83. The minimum atomic E-state index is 0.130. The van der Waals surface area contributed by atoms with Crippen LogP contribution in [0, 0.1) is 11.8 Å². The second-order valence-electron chi connectivity index (χ2n) is 5.79. The van der Waals surface area contributed by atoms with Gasteiger partial charge in [0.05, 0.1) is 16.8 Å². The van der Waals surface area contributed by atoms with Crippen molar-refractivity contribution in [1.29, 1.82) is 0 Å². The molecule has 0 aliphatic heterocycles. The van der Waals surface area contributed by atoms with Crippen LogP contribution in [0.5, 0.6) is 0 Å². The van der Waals surface area contributed by atoms with Gasteiger partial charge >= 0.3 is 0 Å². The topological polar surface area (TPSA) is 55.1 Å². The first-order valence-electron chi connectivity index (χ1n) is 7.43. The molecule has 2 unspecified atom stereocenters. The van der Waals surface area contributed by atoms with E-state index in [9.17, 15) is 4.79 Å². The molecule has 1 amide bonds. The molecule has 2 atom stereocenters. The standard InChI is InChI=1S/C17H16N2O2S/c1-10-8-12(10)16(20)18-9-11-6-7-14(21-11)17-19-13-4-2-3-5-15(13)22-17/h2-7,10,12H,8-9H2,1H3,(H,18,20). The van der Waals surface area contributed by atoms with Crippen molar-refractivity contribution in [3.63, 3.8) is 0 Å². The molecule has 3 aromatic rings. The molecule has 4 nitrogen and oxygen atoms in total. The predicted molar refractivity (Wildman–Crippen MR) is 86.4 cm³/mol. The second kappa shape index (κ2) is 5.25. The molecule has 0 radical (unpaired) electrons. The number of nitrogens with zero attached hydrogens (tertiary/aromatic N) is 1. The average Bonchev–Trinajstić information content (AvgIpc) is 2.94. The third-order valence-corrected chi connectivity index (χ3v) is 5.10. The third-order valence-electron chi connectivity index (χ3n) is 4.05. The second-order valence-corrected chi connectivity index (χ2v) is 6.82. The molecule has 1 fully saturated rings. The van der Waals surface area contributed by atoms with Crippen LogP contribution in [-0.2, 0) is 11.3 Å². The SMILES string of the molecule is CC1CC1C(=O)NCc1ccc(-c2nc3ccccc3s2)o1. The Kier molecular flexibility index (Phi) is 3.22. The summed E-state index contributed by atoms with van der Waals surface area (Å²) in [5, 5.41) is 3.80. The summed E-state index contributed by atoms with van der Waals surface area (Å²) in [6.07, 6.45) is 1.00. The molecule has 2 aromatic heterocycles. The first-order chi connectivity index (χ1) is 10.7. The highest BCUT2D eigenvalue weighted by Gasteiger charge is 2.38. The van der Waals surface area contributed by atoms with Gasteiger partial charge < -0.3 is 9.73 Å². The first kappa shape index (κ1) is 13.5. The molecule has 112 valence electrons. The van der Waals surface area contributed by atoms with Gasteiger partial charge in [0.1, 0.15) is 5.76 Å². The van der Waals surface area contributed by atoms with E-state index in [0.29, 0.717) is 12.5 Å². The smallest absolute Gasteiger partial charge is 0.223 e. The van der Waals surface area contributed by atoms with Gasteiger partial charge in [-0.1, -0.05) is 19.1 Å². The fourth-order valence-corrected chi connectivity index (χ4v) is 3.49. The molecule has 1 N–H and O–H groups in total. The van der Waals surface area contributed by atoms with E-state index in [0.717, 1.165) is 33.2 Å². The van der Waals surface area contributed by atoms with Crippen molar-refractivity contribution in [2.24, 2.45) is 11.8 Å². The normalized spacial score (nSPS) is 20.2. The Hall–Kier alpha value is -2.14. The number of carbonyl (C=O) groups is 1. The zero-order chi connectivity index (χ0) is 15.1. The number of aromatic nitrogens is 1. The van der Waals surface area contributed by atoms with Crippen molar-refractivity contribution in [2.45, 2.75) is 19.9 Å². The molecule has 1 aromatic carbocycles. The minimum Gasteiger partial charge on any atom is -0.457 e. The van der Waals surface area contributed by atoms with Crippen LogP contribution in [0.15, 0.2) is 40.8 Å². The lowest BCUT2D eigenvalue weighted by Crippen LogP contribution is -2.24. The van der Waals surface area contributed by atoms with Gasteiger partial charge in [-0.2, -0.15) is 0 Å². The quantitative estimate of drug-likeness (QED) is 0.796. The van der Waals surface area contributed by atoms with Gasteiger partial charge in [0.25, 0.3) is 0 Å². The van der Waals surface area contributed by atoms with Crippen LogP contribution >= 0.6 is 11.3 Å². The number of thiazole rings is 1. The molecule has 1 aliphatic rings. The summed E-state index contributed by atoms with van der Waals surface area (Å²) in [6.45, 7) is 2.54. The Morgan fingerprint density at radius 2 is 2.18 bits per heavy atom.